The molecule has 0 amide bonds. The van der Waals surface area contributed by atoms with Crippen molar-refractivity contribution in [3.8, 4) is 0 Å². The molecule has 0 spiro atoms. The summed E-state index contributed by atoms with van der Waals surface area (Å²) in [4.78, 5) is 0. The zero-order valence-electron chi connectivity index (χ0n) is 13.1. The largest absolute Gasteiger partial charge is 0.317 e. The van der Waals surface area contributed by atoms with Crippen LogP contribution in [-0.2, 0) is 6.42 Å². The molecule has 1 saturated carbocycles. The zero-order chi connectivity index (χ0) is 15.1. The van der Waals surface area contributed by atoms with Gasteiger partial charge in [0, 0.05) is 8.95 Å². The van der Waals surface area contributed by atoms with Crippen LogP contribution in [0.1, 0.15) is 57.4 Å². The SMILES string of the molecule is CCNCCC1(CCc2cc(Br)ccc2Br)CCCCC1. The van der Waals surface area contributed by atoms with E-state index in [9.17, 15) is 0 Å². The van der Waals surface area contributed by atoms with Crippen molar-refractivity contribution in [3.05, 3.63) is 32.7 Å². The molecule has 1 aliphatic carbocycles. The van der Waals surface area contributed by atoms with Crippen LogP contribution < -0.4 is 5.32 Å². The summed E-state index contributed by atoms with van der Waals surface area (Å²) in [5.74, 6) is 0. The van der Waals surface area contributed by atoms with Gasteiger partial charge >= 0.3 is 0 Å². The minimum absolute atomic E-state index is 0.572. The lowest BCUT2D eigenvalue weighted by molar-refractivity contribution is 0.157. The summed E-state index contributed by atoms with van der Waals surface area (Å²) in [7, 11) is 0. The molecule has 0 unspecified atom stereocenters. The highest BCUT2D eigenvalue weighted by atomic mass is 79.9. The average molecular weight is 417 g/mol. The lowest BCUT2D eigenvalue weighted by Gasteiger charge is -2.38. The molecule has 0 atom stereocenters. The number of aryl methyl sites for hydroxylation is 1. The maximum Gasteiger partial charge on any atom is 0.0208 e. The van der Waals surface area contributed by atoms with Gasteiger partial charge in [-0.3, -0.25) is 0 Å². The third kappa shape index (κ3) is 5.37. The second kappa shape index (κ2) is 8.69. The third-order valence-electron chi connectivity index (χ3n) is 4.93. The van der Waals surface area contributed by atoms with E-state index in [0.717, 1.165) is 6.54 Å². The first-order valence-corrected chi connectivity index (χ1v) is 9.88. The van der Waals surface area contributed by atoms with Crippen LogP contribution in [0.5, 0.6) is 0 Å². The minimum atomic E-state index is 0.572. The number of halogens is 2. The molecule has 0 saturated heterocycles. The van der Waals surface area contributed by atoms with Crippen LogP contribution in [0.3, 0.4) is 0 Å². The van der Waals surface area contributed by atoms with Crippen molar-refractivity contribution in [2.24, 2.45) is 5.41 Å². The van der Waals surface area contributed by atoms with Crippen molar-refractivity contribution in [1.29, 1.82) is 0 Å². The van der Waals surface area contributed by atoms with E-state index in [0.29, 0.717) is 5.41 Å². The normalized spacial score (nSPS) is 17.9. The predicted octanol–water partition coefficient (Wildman–Crippen LogP) is 6.09. The fourth-order valence-corrected chi connectivity index (χ4v) is 4.45. The molecule has 3 heteroatoms. The summed E-state index contributed by atoms with van der Waals surface area (Å²) in [6.45, 7) is 4.47. The first-order valence-electron chi connectivity index (χ1n) is 8.30. The molecule has 118 valence electrons. The Labute approximate surface area is 146 Å². The van der Waals surface area contributed by atoms with E-state index in [1.54, 1.807) is 0 Å². The third-order valence-corrected chi connectivity index (χ3v) is 6.20. The van der Waals surface area contributed by atoms with Crippen LogP contribution in [0.25, 0.3) is 0 Å². The first kappa shape index (κ1) is 17.5. The van der Waals surface area contributed by atoms with Gasteiger partial charge in [-0.1, -0.05) is 58.0 Å². The summed E-state index contributed by atoms with van der Waals surface area (Å²) in [5, 5.41) is 3.52. The van der Waals surface area contributed by atoms with Gasteiger partial charge < -0.3 is 5.32 Å². The Morgan fingerprint density at radius 1 is 1.10 bits per heavy atom. The smallest absolute Gasteiger partial charge is 0.0208 e. The van der Waals surface area contributed by atoms with E-state index >= 15 is 0 Å². The fraction of sp³-hybridized carbons (Fsp3) is 0.667. The van der Waals surface area contributed by atoms with Crippen LogP contribution in [0, 0.1) is 5.41 Å². The molecule has 1 aromatic carbocycles. The van der Waals surface area contributed by atoms with Crippen LogP contribution >= 0.6 is 31.9 Å². The van der Waals surface area contributed by atoms with E-state index in [1.807, 2.05) is 0 Å². The second-order valence-corrected chi connectivity index (χ2v) is 8.17. The monoisotopic (exact) mass is 415 g/mol. The molecule has 0 aromatic heterocycles. The van der Waals surface area contributed by atoms with E-state index in [4.69, 9.17) is 0 Å². The van der Waals surface area contributed by atoms with Gasteiger partial charge in [-0.2, -0.15) is 0 Å². The Balaban J connectivity index is 1.99. The number of benzene rings is 1. The van der Waals surface area contributed by atoms with Crippen molar-refractivity contribution < 1.29 is 0 Å². The molecule has 21 heavy (non-hydrogen) atoms. The van der Waals surface area contributed by atoms with Gasteiger partial charge in [-0.25, -0.2) is 0 Å². The molecule has 2 rings (SSSR count). The molecule has 0 aliphatic heterocycles. The van der Waals surface area contributed by atoms with Crippen LogP contribution in [0.4, 0.5) is 0 Å². The maximum absolute atomic E-state index is 3.70. The summed E-state index contributed by atoms with van der Waals surface area (Å²) < 4.78 is 2.44. The number of rotatable bonds is 7. The molecule has 1 aromatic rings. The topological polar surface area (TPSA) is 12.0 Å². The zero-order valence-corrected chi connectivity index (χ0v) is 16.2. The first-order chi connectivity index (χ1) is 10.2. The second-order valence-electron chi connectivity index (χ2n) is 6.40. The van der Waals surface area contributed by atoms with E-state index in [2.05, 4.69) is 62.3 Å². The van der Waals surface area contributed by atoms with Gasteiger partial charge in [0.15, 0.2) is 0 Å². The average Bonchev–Trinajstić information content (AvgIpc) is 2.50. The standard InChI is InChI=1S/C18H27Br2N/c1-2-21-13-12-18(9-4-3-5-10-18)11-8-15-14-16(19)6-7-17(15)20/h6-7,14,21H,2-5,8-13H2,1H3. The van der Waals surface area contributed by atoms with Crippen molar-refractivity contribution >= 4 is 31.9 Å². The van der Waals surface area contributed by atoms with Gasteiger partial charge in [-0.05, 0) is 74.4 Å². The molecule has 1 nitrogen and oxygen atoms in total. The lowest BCUT2D eigenvalue weighted by Crippen LogP contribution is -2.30. The lowest BCUT2D eigenvalue weighted by atomic mass is 9.68. The predicted molar refractivity (Wildman–Crippen MR) is 98.8 cm³/mol. The van der Waals surface area contributed by atoms with Gasteiger partial charge in [-0.15, -0.1) is 0 Å². The van der Waals surface area contributed by atoms with Crippen LogP contribution in [0.2, 0.25) is 0 Å². The van der Waals surface area contributed by atoms with E-state index < -0.39 is 0 Å². The number of hydrogen-bond acceptors (Lipinski definition) is 1. The van der Waals surface area contributed by atoms with Crippen molar-refractivity contribution in [2.45, 2.75) is 58.3 Å². The molecule has 0 radical (unpaired) electrons. The highest BCUT2D eigenvalue weighted by Gasteiger charge is 2.31. The molecular weight excluding hydrogens is 390 g/mol. The molecule has 0 bridgehead atoms. The Morgan fingerprint density at radius 2 is 1.86 bits per heavy atom. The molecule has 1 N–H and O–H groups in total. The summed E-state index contributed by atoms with van der Waals surface area (Å²) in [6, 6.07) is 6.53. The molecule has 1 fully saturated rings. The summed E-state index contributed by atoms with van der Waals surface area (Å²) >= 11 is 7.30. The van der Waals surface area contributed by atoms with E-state index in [-0.39, 0.29) is 0 Å². The van der Waals surface area contributed by atoms with Gasteiger partial charge in [0.1, 0.15) is 0 Å². The summed E-state index contributed by atoms with van der Waals surface area (Å²) in [5.41, 5.74) is 2.01. The van der Waals surface area contributed by atoms with Crippen LogP contribution in [-0.4, -0.2) is 13.1 Å². The van der Waals surface area contributed by atoms with E-state index in [1.165, 1.54) is 72.4 Å². The van der Waals surface area contributed by atoms with Crippen molar-refractivity contribution in [1.82, 2.24) is 5.32 Å². The van der Waals surface area contributed by atoms with Crippen molar-refractivity contribution in [3.63, 3.8) is 0 Å². The van der Waals surface area contributed by atoms with Crippen molar-refractivity contribution in [2.75, 3.05) is 13.1 Å². The van der Waals surface area contributed by atoms with Gasteiger partial charge in [0.05, 0.1) is 0 Å². The van der Waals surface area contributed by atoms with Gasteiger partial charge in [0.25, 0.3) is 0 Å². The highest BCUT2D eigenvalue weighted by molar-refractivity contribution is 9.11. The van der Waals surface area contributed by atoms with Gasteiger partial charge in [0.2, 0.25) is 0 Å². The quantitative estimate of drug-likeness (QED) is 0.529. The molecular formula is C18H27Br2N. The molecule has 1 aliphatic rings. The minimum Gasteiger partial charge on any atom is -0.317 e. The Hall–Kier alpha value is 0.140. The fourth-order valence-electron chi connectivity index (χ4n) is 3.59. The Morgan fingerprint density at radius 3 is 2.57 bits per heavy atom. The Bertz CT molecular complexity index is 439. The highest BCUT2D eigenvalue weighted by Crippen LogP contribution is 2.43. The summed E-state index contributed by atoms with van der Waals surface area (Å²) in [6.07, 6.45) is 11.0. The number of nitrogens with one attached hydrogen (secondary N) is 1. The van der Waals surface area contributed by atoms with Crippen LogP contribution in [0.15, 0.2) is 27.1 Å². The number of hydrogen-bond donors (Lipinski definition) is 1. The maximum atomic E-state index is 3.70. The Kier molecular flexibility index (Phi) is 7.24. The molecule has 0 heterocycles.